The van der Waals surface area contributed by atoms with E-state index < -0.39 is 12.1 Å². The number of fused-ring (bicyclic) bond motifs is 1. The molecule has 2 aromatic rings. The van der Waals surface area contributed by atoms with Gasteiger partial charge in [0.05, 0.1) is 17.6 Å². The zero-order chi connectivity index (χ0) is 34.4. The fourth-order valence-electron chi connectivity index (χ4n) is 6.00. The van der Waals surface area contributed by atoms with Crippen LogP contribution in [-0.4, -0.2) is 99.6 Å². The normalized spacial score (nSPS) is 22.3. The number of likely N-dealkylation sites (tertiary alicyclic amines) is 1. The van der Waals surface area contributed by atoms with Gasteiger partial charge in [0.25, 0.3) is 0 Å². The Bertz CT molecular complexity index is 1420. The Morgan fingerprint density at radius 1 is 1.02 bits per heavy atom. The highest BCUT2D eigenvalue weighted by Gasteiger charge is 2.51. The second-order valence-electron chi connectivity index (χ2n) is 12.9. The fraction of sp³-hybridized carbons (Fsp3) is 0.529. The molecule has 5 rings (SSSR count). The lowest BCUT2D eigenvalue weighted by Crippen LogP contribution is -2.74. The first-order chi connectivity index (χ1) is 22.3. The van der Waals surface area contributed by atoms with Crippen molar-refractivity contribution in [2.45, 2.75) is 89.1 Å². The number of halogens is 2. The largest absolute Gasteiger partial charge is 0.346 e. The Morgan fingerprint density at radius 2 is 1.68 bits per heavy atom. The zero-order valence-electron chi connectivity index (χ0n) is 27.7. The van der Waals surface area contributed by atoms with E-state index in [0.717, 1.165) is 42.0 Å². The molecule has 0 aliphatic carbocycles. The van der Waals surface area contributed by atoms with Gasteiger partial charge in [-0.1, -0.05) is 55.2 Å². The summed E-state index contributed by atoms with van der Waals surface area (Å²) in [4.78, 5) is 56.3. The van der Waals surface area contributed by atoms with Gasteiger partial charge in [0, 0.05) is 42.0 Å². The predicted molar refractivity (Wildman–Crippen MR) is 187 cm³/mol. The van der Waals surface area contributed by atoms with Gasteiger partial charge >= 0.3 is 0 Å². The summed E-state index contributed by atoms with van der Waals surface area (Å²) in [7, 11) is 0. The molecule has 2 aromatic carbocycles. The minimum absolute atomic E-state index is 0.0342. The number of nitrogens with zero attached hydrogens (tertiary/aromatic N) is 4. The number of amides is 4. The monoisotopic (exact) mass is 704 g/mol. The maximum atomic E-state index is 13.6. The highest BCUT2D eigenvalue weighted by molar-refractivity contribution is 7.97. The van der Waals surface area contributed by atoms with Crippen molar-refractivity contribution in [3.63, 3.8) is 0 Å². The van der Waals surface area contributed by atoms with E-state index in [1.54, 1.807) is 17.0 Å². The van der Waals surface area contributed by atoms with Crippen molar-refractivity contribution in [1.29, 1.82) is 0 Å². The number of nitrogens with one attached hydrogen (secondary N) is 1. The summed E-state index contributed by atoms with van der Waals surface area (Å²) in [6, 6.07) is 11.3. The topological polar surface area (TPSA) is 119 Å². The number of aryl methyl sites for hydroxylation is 1. The van der Waals surface area contributed by atoms with Gasteiger partial charge in [-0.05, 0) is 86.9 Å². The van der Waals surface area contributed by atoms with Crippen molar-refractivity contribution >= 4 is 59.3 Å². The lowest BCUT2D eigenvalue weighted by atomic mass is 9.96. The van der Waals surface area contributed by atoms with Crippen LogP contribution in [-0.2, 0) is 25.6 Å². The summed E-state index contributed by atoms with van der Waals surface area (Å²) < 4.78 is 2.05. The standard InChI is InChI=1S/C25H28Cl2N4O3S.C9H18N2O/c1-15(2)29-13-23-30(35-22-9-4-16(3)10-19(22)27)12-20(28-14-32)24(33)31(23)21(25(29)34)11-17-5-7-18(26)8-6-17;1-7(2)8(10)9(12)11-5-3-4-6-11/h4-10,14-15,20-21,23H,11-13H2,1-3H3,(H,28,32);7-8H,3-6,10H2,1-2H3. The van der Waals surface area contributed by atoms with Crippen LogP contribution >= 0.6 is 35.1 Å². The van der Waals surface area contributed by atoms with Crippen molar-refractivity contribution in [2.24, 2.45) is 11.7 Å². The summed E-state index contributed by atoms with van der Waals surface area (Å²) >= 11 is 14.0. The van der Waals surface area contributed by atoms with Crippen molar-refractivity contribution in [1.82, 2.24) is 24.3 Å². The van der Waals surface area contributed by atoms with E-state index in [1.807, 2.05) is 74.8 Å². The van der Waals surface area contributed by atoms with Crippen molar-refractivity contribution in [3.8, 4) is 0 Å². The molecule has 0 saturated carbocycles. The van der Waals surface area contributed by atoms with E-state index >= 15 is 0 Å². The number of carbonyl (C=O) groups is 4. The van der Waals surface area contributed by atoms with Gasteiger partial charge in [-0.15, -0.1) is 0 Å². The number of hydrogen-bond donors (Lipinski definition) is 2. The molecular weight excluding hydrogens is 659 g/mol. The average molecular weight is 706 g/mol. The summed E-state index contributed by atoms with van der Waals surface area (Å²) in [5, 5.41) is 3.86. The Morgan fingerprint density at radius 3 is 2.26 bits per heavy atom. The molecule has 3 heterocycles. The molecule has 47 heavy (non-hydrogen) atoms. The molecule has 3 fully saturated rings. The highest BCUT2D eigenvalue weighted by Crippen LogP contribution is 2.37. The third-order valence-electron chi connectivity index (χ3n) is 8.79. The molecule has 4 atom stereocenters. The number of nitrogens with two attached hydrogens (primary N) is 1. The van der Waals surface area contributed by atoms with Gasteiger partial charge < -0.3 is 25.8 Å². The van der Waals surface area contributed by atoms with Gasteiger partial charge in [-0.3, -0.25) is 19.2 Å². The molecule has 0 aromatic heterocycles. The molecule has 10 nitrogen and oxygen atoms in total. The van der Waals surface area contributed by atoms with Crippen LogP contribution in [0.3, 0.4) is 0 Å². The third-order valence-corrected chi connectivity index (χ3v) is 10.6. The third kappa shape index (κ3) is 9.00. The molecule has 0 spiro atoms. The number of carbonyl (C=O) groups excluding carboxylic acids is 4. The molecule has 4 amide bonds. The number of hydrogen-bond acceptors (Lipinski definition) is 7. The van der Waals surface area contributed by atoms with E-state index in [1.165, 1.54) is 11.9 Å². The first-order valence-electron chi connectivity index (χ1n) is 16.1. The predicted octanol–water partition coefficient (Wildman–Crippen LogP) is 4.35. The van der Waals surface area contributed by atoms with Crippen LogP contribution in [0.5, 0.6) is 0 Å². The van der Waals surface area contributed by atoms with E-state index in [0.29, 0.717) is 36.0 Å². The number of benzene rings is 2. The van der Waals surface area contributed by atoms with Crippen LogP contribution in [0.25, 0.3) is 0 Å². The second-order valence-corrected chi connectivity index (χ2v) is 14.9. The van der Waals surface area contributed by atoms with Gasteiger partial charge in [0.2, 0.25) is 24.1 Å². The first-order valence-corrected chi connectivity index (χ1v) is 17.7. The van der Waals surface area contributed by atoms with Crippen molar-refractivity contribution in [2.75, 3.05) is 26.2 Å². The summed E-state index contributed by atoms with van der Waals surface area (Å²) in [6.45, 7) is 12.4. The minimum atomic E-state index is -0.772. The smallest absolute Gasteiger partial charge is 0.248 e. The van der Waals surface area contributed by atoms with E-state index in [9.17, 15) is 19.2 Å². The van der Waals surface area contributed by atoms with E-state index in [-0.39, 0.29) is 41.9 Å². The molecule has 256 valence electrons. The van der Waals surface area contributed by atoms with Crippen LogP contribution in [0.15, 0.2) is 47.4 Å². The molecule has 0 radical (unpaired) electrons. The summed E-state index contributed by atoms with van der Waals surface area (Å²) in [6.07, 6.45) is 2.77. The lowest BCUT2D eigenvalue weighted by Gasteiger charge is -2.54. The summed E-state index contributed by atoms with van der Waals surface area (Å²) in [5.41, 5.74) is 7.70. The Kier molecular flexibility index (Phi) is 13.0. The SMILES string of the molecule is CC(C)C(N)C(=O)N1CCCC1.Cc1ccc(SN2CC(NC=O)C(=O)N3C(Cc4ccc(Cl)cc4)C(=O)N(C(C)C)CC23)c(Cl)c1. The van der Waals surface area contributed by atoms with Crippen LogP contribution in [0.4, 0.5) is 0 Å². The fourth-order valence-corrected chi connectivity index (χ4v) is 7.51. The number of piperazine rings is 1. The zero-order valence-corrected chi connectivity index (χ0v) is 30.0. The Labute approximate surface area is 292 Å². The van der Waals surface area contributed by atoms with Gasteiger partial charge in [0.1, 0.15) is 18.2 Å². The Balaban J connectivity index is 0.000000351. The molecule has 13 heteroatoms. The molecule has 0 bridgehead atoms. The lowest BCUT2D eigenvalue weighted by molar-refractivity contribution is -0.168. The summed E-state index contributed by atoms with van der Waals surface area (Å²) in [5.74, 6) is 0.00916. The highest BCUT2D eigenvalue weighted by atomic mass is 35.5. The van der Waals surface area contributed by atoms with Crippen molar-refractivity contribution in [3.05, 3.63) is 63.6 Å². The average Bonchev–Trinajstić information content (AvgIpc) is 3.57. The number of rotatable bonds is 9. The van der Waals surface area contributed by atoms with Crippen LogP contribution in [0.2, 0.25) is 10.0 Å². The quantitative estimate of drug-likeness (QED) is 0.294. The molecule has 3 aliphatic heterocycles. The van der Waals surface area contributed by atoms with Crippen LogP contribution in [0, 0.1) is 12.8 Å². The molecule has 4 unspecified atom stereocenters. The molecule has 3 aliphatic rings. The minimum Gasteiger partial charge on any atom is -0.346 e. The molecular formula is C34H46Cl2N6O4S. The van der Waals surface area contributed by atoms with Crippen molar-refractivity contribution < 1.29 is 19.2 Å². The van der Waals surface area contributed by atoms with Gasteiger partial charge in [-0.2, -0.15) is 0 Å². The molecule has 3 saturated heterocycles. The maximum Gasteiger partial charge on any atom is 0.248 e. The maximum absolute atomic E-state index is 13.6. The van der Waals surface area contributed by atoms with Gasteiger partial charge in [0.15, 0.2) is 0 Å². The molecule has 3 N–H and O–H groups in total. The second kappa shape index (κ2) is 16.5. The van der Waals surface area contributed by atoms with Gasteiger partial charge in [-0.25, -0.2) is 4.31 Å². The van der Waals surface area contributed by atoms with Crippen LogP contribution < -0.4 is 11.1 Å². The van der Waals surface area contributed by atoms with Crippen LogP contribution in [0.1, 0.15) is 51.7 Å². The first kappa shape index (κ1) is 37.0. The Hall–Kier alpha value is -2.83. The van der Waals surface area contributed by atoms with E-state index in [2.05, 4.69) is 9.62 Å². The van der Waals surface area contributed by atoms with E-state index in [4.69, 9.17) is 28.9 Å².